The third-order valence-electron chi connectivity index (χ3n) is 3.90. The van der Waals surface area contributed by atoms with Crippen LogP contribution in [0.15, 0.2) is 60.0 Å². The van der Waals surface area contributed by atoms with Crippen LogP contribution in [0.4, 0.5) is 0 Å². The van der Waals surface area contributed by atoms with Gasteiger partial charge < -0.3 is 9.47 Å². The minimum Gasteiger partial charge on any atom is -0.493 e. The quantitative estimate of drug-likeness (QED) is 0.698. The maximum absolute atomic E-state index is 13.1. The predicted molar refractivity (Wildman–Crippen MR) is 96.8 cm³/mol. The Kier molecular flexibility index (Phi) is 4.99. The molecule has 1 aliphatic rings. The van der Waals surface area contributed by atoms with Crippen LogP contribution in [0.25, 0.3) is 0 Å². The number of benzene rings is 2. The number of rotatable bonds is 7. The van der Waals surface area contributed by atoms with Crippen LogP contribution in [0.1, 0.15) is 22.8 Å². The molecule has 26 heavy (non-hydrogen) atoms. The van der Waals surface area contributed by atoms with Gasteiger partial charge in [-0.25, -0.2) is 12.7 Å². The van der Waals surface area contributed by atoms with E-state index in [9.17, 15) is 13.2 Å². The molecule has 0 unspecified atom stereocenters. The summed E-state index contributed by atoms with van der Waals surface area (Å²) in [6.45, 7) is 5.72. The first-order valence-electron chi connectivity index (χ1n) is 8.15. The number of ether oxygens (including phenoxy) is 2. The third-order valence-corrected chi connectivity index (χ3v) is 5.69. The molecule has 2 aromatic carbocycles. The number of nitrogens with zero attached hydrogens (tertiary/aromatic N) is 1. The van der Waals surface area contributed by atoms with E-state index < -0.39 is 15.9 Å². The smallest absolute Gasteiger partial charge is 0.273 e. The molecule has 0 radical (unpaired) electrons. The molecule has 136 valence electrons. The predicted octanol–water partition coefficient (Wildman–Crippen LogP) is 2.99. The molecule has 0 saturated carbocycles. The molecule has 0 saturated heterocycles. The number of hydrogen-bond acceptors (Lipinski definition) is 5. The monoisotopic (exact) mass is 373 g/mol. The average molecular weight is 373 g/mol. The summed E-state index contributed by atoms with van der Waals surface area (Å²) in [5, 5.41) is 0. The number of amides is 1. The summed E-state index contributed by atoms with van der Waals surface area (Å²) in [5.74, 6) is -0.263. The fourth-order valence-electron chi connectivity index (χ4n) is 2.79. The summed E-state index contributed by atoms with van der Waals surface area (Å²) in [6.07, 6.45) is 1.51. The Hall–Kier alpha value is -2.80. The van der Waals surface area contributed by atoms with E-state index in [0.29, 0.717) is 12.2 Å². The van der Waals surface area contributed by atoms with Crippen molar-refractivity contribution in [3.63, 3.8) is 0 Å². The van der Waals surface area contributed by atoms with Gasteiger partial charge in [0.1, 0.15) is 28.6 Å². The fraction of sp³-hybridized carbons (Fsp3) is 0.211. The van der Waals surface area contributed by atoms with E-state index in [2.05, 4.69) is 6.58 Å². The molecule has 0 spiro atoms. The number of hydrogen-bond donors (Lipinski definition) is 0. The van der Waals surface area contributed by atoms with E-state index in [1.807, 2.05) is 6.07 Å². The summed E-state index contributed by atoms with van der Waals surface area (Å²) in [4.78, 5) is 12.8. The number of carbonyl (C=O) groups is 1. The van der Waals surface area contributed by atoms with E-state index in [1.54, 1.807) is 37.3 Å². The Labute approximate surface area is 152 Å². The Morgan fingerprint density at radius 3 is 2.42 bits per heavy atom. The molecule has 2 aromatic rings. The van der Waals surface area contributed by atoms with Gasteiger partial charge in [0.25, 0.3) is 15.9 Å². The number of fused-ring (bicyclic) bond motifs is 1. The van der Waals surface area contributed by atoms with Gasteiger partial charge in [-0.3, -0.25) is 4.79 Å². The highest BCUT2D eigenvalue weighted by atomic mass is 32.2. The van der Waals surface area contributed by atoms with Gasteiger partial charge in [-0.15, -0.1) is 0 Å². The van der Waals surface area contributed by atoms with Crippen molar-refractivity contribution in [1.29, 1.82) is 0 Å². The molecule has 1 heterocycles. The van der Waals surface area contributed by atoms with Gasteiger partial charge in [0.15, 0.2) is 0 Å². The molecule has 0 aromatic heterocycles. The lowest BCUT2D eigenvalue weighted by molar-refractivity contribution is 0.0861. The largest absolute Gasteiger partial charge is 0.493 e. The van der Waals surface area contributed by atoms with Crippen molar-refractivity contribution in [2.75, 3.05) is 13.2 Å². The second kappa shape index (κ2) is 7.21. The van der Waals surface area contributed by atoms with Gasteiger partial charge in [-0.1, -0.05) is 43.0 Å². The average Bonchev–Trinajstić information content (AvgIpc) is 2.84. The molecule has 0 bridgehead atoms. The zero-order valence-electron chi connectivity index (χ0n) is 14.3. The summed E-state index contributed by atoms with van der Waals surface area (Å²) in [6, 6.07) is 12.0. The van der Waals surface area contributed by atoms with E-state index in [-0.39, 0.29) is 35.1 Å². The van der Waals surface area contributed by atoms with Crippen LogP contribution >= 0.6 is 0 Å². The fourth-order valence-corrected chi connectivity index (χ4v) is 4.47. The van der Waals surface area contributed by atoms with Gasteiger partial charge in [0.2, 0.25) is 0 Å². The lowest BCUT2D eigenvalue weighted by Crippen LogP contribution is -2.29. The lowest BCUT2D eigenvalue weighted by atomic mass is 10.1. The second-order valence-electron chi connectivity index (χ2n) is 5.60. The SMILES string of the molecule is C=CCOc1ccc(OCC)c2c1S(=O)(=O)N(Cc1ccccc1)C2=O. The first kappa shape index (κ1) is 18.0. The first-order valence-corrected chi connectivity index (χ1v) is 9.59. The molecule has 0 atom stereocenters. The topological polar surface area (TPSA) is 72.9 Å². The standard InChI is InChI=1S/C19H19NO5S/c1-3-12-25-16-11-10-15(24-4-2)17-18(16)26(22,23)20(19(17)21)13-14-8-6-5-7-9-14/h3,5-11H,1,4,12-13H2,2H3. The van der Waals surface area contributed by atoms with Crippen LogP contribution in [-0.2, 0) is 16.6 Å². The van der Waals surface area contributed by atoms with Crippen molar-refractivity contribution < 1.29 is 22.7 Å². The van der Waals surface area contributed by atoms with Crippen molar-refractivity contribution in [1.82, 2.24) is 4.31 Å². The van der Waals surface area contributed by atoms with Gasteiger partial charge in [-0.05, 0) is 24.6 Å². The minimum absolute atomic E-state index is 0.0179. The molecular weight excluding hydrogens is 354 g/mol. The zero-order valence-corrected chi connectivity index (χ0v) is 15.2. The lowest BCUT2D eigenvalue weighted by Gasteiger charge is -2.15. The molecule has 0 aliphatic carbocycles. The molecule has 7 heteroatoms. The van der Waals surface area contributed by atoms with Crippen molar-refractivity contribution in [2.45, 2.75) is 18.4 Å². The van der Waals surface area contributed by atoms with E-state index in [0.717, 1.165) is 4.31 Å². The first-order chi connectivity index (χ1) is 12.5. The summed E-state index contributed by atoms with van der Waals surface area (Å²) >= 11 is 0. The van der Waals surface area contributed by atoms with Crippen LogP contribution < -0.4 is 9.47 Å². The molecular formula is C19H19NO5S. The Balaban J connectivity index is 2.11. The molecule has 0 fully saturated rings. The molecule has 6 nitrogen and oxygen atoms in total. The second-order valence-corrected chi connectivity index (χ2v) is 7.40. The zero-order chi connectivity index (χ0) is 18.7. The Morgan fingerprint density at radius 1 is 1.08 bits per heavy atom. The van der Waals surface area contributed by atoms with Crippen molar-refractivity contribution >= 4 is 15.9 Å². The van der Waals surface area contributed by atoms with E-state index >= 15 is 0 Å². The molecule has 3 rings (SSSR count). The van der Waals surface area contributed by atoms with E-state index in [1.165, 1.54) is 12.1 Å². The van der Waals surface area contributed by atoms with Crippen LogP contribution in [0.3, 0.4) is 0 Å². The number of sulfonamides is 1. The third kappa shape index (κ3) is 3.06. The maximum Gasteiger partial charge on any atom is 0.273 e. The van der Waals surface area contributed by atoms with Crippen molar-refractivity contribution in [3.8, 4) is 11.5 Å². The van der Waals surface area contributed by atoms with Gasteiger partial charge in [0.05, 0.1) is 13.2 Å². The Bertz CT molecular complexity index is 938. The highest BCUT2D eigenvalue weighted by Crippen LogP contribution is 2.43. The Morgan fingerprint density at radius 2 is 1.77 bits per heavy atom. The molecule has 1 aliphatic heterocycles. The highest BCUT2D eigenvalue weighted by molar-refractivity contribution is 7.90. The van der Waals surface area contributed by atoms with Crippen LogP contribution in [-0.4, -0.2) is 31.8 Å². The van der Waals surface area contributed by atoms with Crippen LogP contribution in [0.5, 0.6) is 11.5 Å². The van der Waals surface area contributed by atoms with Gasteiger partial charge >= 0.3 is 0 Å². The number of carbonyl (C=O) groups excluding carboxylic acids is 1. The molecule has 0 N–H and O–H groups in total. The van der Waals surface area contributed by atoms with Crippen LogP contribution in [0, 0.1) is 0 Å². The summed E-state index contributed by atoms with van der Waals surface area (Å²) in [5.41, 5.74) is 0.730. The van der Waals surface area contributed by atoms with E-state index in [4.69, 9.17) is 9.47 Å². The highest BCUT2D eigenvalue weighted by Gasteiger charge is 2.46. The maximum atomic E-state index is 13.1. The van der Waals surface area contributed by atoms with Crippen molar-refractivity contribution in [3.05, 3.63) is 66.2 Å². The summed E-state index contributed by atoms with van der Waals surface area (Å²) in [7, 11) is -4.05. The minimum atomic E-state index is -4.05. The summed E-state index contributed by atoms with van der Waals surface area (Å²) < 4.78 is 38.0. The van der Waals surface area contributed by atoms with Crippen molar-refractivity contribution in [2.24, 2.45) is 0 Å². The van der Waals surface area contributed by atoms with Gasteiger partial charge in [-0.2, -0.15) is 0 Å². The van der Waals surface area contributed by atoms with Crippen LogP contribution in [0.2, 0.25) is 0 Å². The normalized spacial score (nSPS) is 14.8. The van der Waals surface area contributed by atoms with Gasteiger partial charge in [0, 0.05) is 0 Å². The molecule has 1 amide bonds.